The predicted octanol–water partition coefficient (Wildman–Crippen LogP) is 5.32. The summed E-state index contributed by atoms with van der Waals surface area (Å²) in [6, 6.07) is 10.6. The Kier molecular flexibility index (Phi) is 4.32. The minimum absolute atomic E-state index is 0.0739. The number of benzene rings is 1. The Morgan fingerprint density at radius 1 is 1.14 bits per heavy atom. The van der Waals surface area contributed by atoms with Crippen molar-refractivity contribution in [1.82, 2.24) is 9.97 Å². The van der Waals surface area contributed by atoms with Gasteiger partial charge in [-0.05, 0) is 40.8 Å². The van der Waals surface area contributed by atoms with Gasteiger partial charge in [-0.1, -0.05) is 61.7 Å². The maximum atomic E-state index is 6.33. The second-order valence-corrected chi connectivity index (χ2v) is 6.76. The predicted molar refractivity (Wildman–Crippen MR) is 89.8 cm³/mol. The molecule has 21 heavy (non-hydrogen) atoms. The first-order chi connectivity index (χ1) is 10.2. The van der Waals surface area contributed by atoms with Gasteiger partial charge >= 0.3 is 0 Å². The molecule has 0 aliphatic heterocycles. The lowest BCUT2D eigenvalue weighted by molar-refractivity contribution is 0.496. The number of aromatic nitrogens is 2. The van der Waals surface area contributed by atoms with E-state index < -0.39 is 0 Å². The fourth-order valence-corrected chi connectivity index (χ4v) is 3.94. The van der Waals surface area contributed by atoms with Crippen molar-refractivity contribution in [1.29, 1.82) is 0 Å². The van der Waals surface area contributed by atoms with Crippen LogP contribution in [0.3, 0.4) is 0 Å². The Balaban J connectivity index is 2.17. The van der Waals surface area contributed by atoms with Gasteiger partial charge in [-0.3, -0.25) is 0 Å². The number of hydrogen-bond acceptors (Lipinski definition) is 2. The van der Waals surface area contributed by atoms with Crippen LogP contribution in [0, 0.1) is 0 Å². The van der Waals surface area contributed by atoms with E-state index >= 15 is 0 Å². The number of halogens is 2. The maximum absolute atomic E-state index is 6.33. The third-order valence-corrected chi connectivity index (χ3v) is 5.76. The molecule has 2 nitrogen and oxygen atoms in total. The highest BCUT2D eigenvalue weighted by atomic mass is 79.9. The lowest BCUT2D eigenvalue weighted by atomic mass is 9.78. The summed E-state index contributed by atoms with van der Waals surface area (Å²) >= 11 is 9.83. The molecule has 110 valence electrons. The Labute approximate surface area is 139 Å². The van der Waals surface area contributed by atoms with Crippen LogP contribution in [0.15, 0.2) is 34.8 Å². The van der Waals surface area contributed by atoms with Crippen molar-refractivity contribution < 1.29 is 0 Å². The first-order valence-corrected chi connectivity index (χ1v) is 8.62. The van der Waals surface area contributed by atoms with Gasteiger partial charge in [0.1, 0.15) is 11.0 Å². The number of rotatable bonds is 3. The molecule has 0 N–H and O–H groups in total. The van der Waals surface area contributed by atoms with Crippen molar-refractivity contribution in [2.24, 2.45) is 0 Å². The summed E-state index contributed by atoms with van der Waals surface area (Å²) in [6.45, 7) is 2.09. The normalized spacial score (nSPS) is 17.1. The van der Waals surface area contributed by atoms with Crippen LogP contribution < -0.4 is 0 Å². The zero-order valence-corrected chi connectivity index (χ0v) is 14.4. The molecule has 1 aliphatic rings. The molecule has 1 saturated carbocycles. The number of nitrogens with zero attached hydrogens (tertiary/aromatic N) is 2. The molecule has 0 bridgehead atoms. The lowest BCUT2D eigenvalue weighted by Gasteiger charge is -2.28. The highest BCUT2D eigenvalue weighted by molar-refractivity contribution is 9.10. The molecule has 1 aromatic heterocycles. The van der Waals surface area contributed by atoms with Crippen LogP contribution in [0.2, 0.25) is 5.15 Å². The fourth-order valence-electron chi connectivity index (χ4n) is 3.29. The second-order valence-electron chi connectivity index (χ2n) is 5.61. The van der Waals surface area contributed by atoms with Gasteiger partial charge < -0.3 is 0 Å². The van der Waals surface area contributed by atoms with Crippen LogP contribution >= 0.6 is 27.5 Å². The smallest absolute Gasteiger partial charge is 0.147 e. The van der Waals surface area contributed by atoms with E-state index in [0.717, 1.165) is 35.3 Å². The minimum Gasteiger partial charge on any atom is -0.236 e. The first kappa shape index (κ1) is 15.0. The van der Waals surface area contributed by atoms with Gasteiger partial charge in [0.15, 0.2) is 0 Å². The zero-order chi connectivity index (χ0) is 14.9. The number of hydrogen-bond donors (Lipinski definition) is 0. The average Bonchev–Trinajstić information content (AvgIpc) is 3.01. The third-order valence-electron chi connectivity index (χ3n) is 4.43. The van der Waals surface area contributed by atoms with Gasteiger partial charge in [-0.2, -0.15) is 0 Å². The molecule has 0 amide bonds. The van der Waals surface area contributed by atoms with Gasteiger partial charge in [0.05, 0.1) is 15.6 Å². The summed E-state index contributed by atoms with van der Waals surface area (Å²) in [5.74, 6) is 0.885. The van der Waals surface area contributed by atoms with E-state index in [1.807, 2.05) is 0 Å². The van der Waals surface area contributed by atoms with E-state index in [9.17, 15) is 0 Å². The van der Waals surface area contributed by atoms with Crippen molar-refractivity contribution in [3.05, 3.63) is 57.0 Å². The van der Waals surface area contributed by atoms with E-state index in [1.165, 1.54) is 18.4 Å². The molecule has 1 fully saturated rings. The van der Waals surface area contributed by atoms with Gasteiger partial charge in [0.2, 0.25) is 0 Å². The third kappa shape index (κ3) is 2.62. The van der Waals surface area contributed by atoms with Gasteiger partial charge in [-0.25, -0.2) is 9.97 Å². The average molecular weight is 366 g/mol. The summed E-state index contributed by atoms with van der Waals surface area (Å²) in [4.78, 5) is 9.46. The quantitative estimate of drug-likeness (QED) is 0.688. The summed E-state index contributed by atoms with van der Waals surface area (Å²) in [5, 5.41) is 0.527. The van der Waals surface area contributed by atoms with Gasteiger partial charge in [0, 0.05) is 0 Å². The van der Waals surface area contributed by atoms with Crippen molar-refractivity contribution in [3.8, 4) is 0 Å². The molecule has 1 aliphatic carbocycles. The van der Waals surface area contributed by atoms with E-state index in [4.69, 9.17) is 16.6 Å². The van der Waals surface area contributed by atoms with Crippen LogP contribution in [0.25, 0.3) is 0 Å². The van der Waals surface area contributed by atoms with Gasteiger partial charge in [-0.15, -0.1) is 0 Å². The van der Waals surface area contributed by atoms with Crippen LogP contribution in [-0.4, -0.2) is 9.97 Å². The largest absolute Gasteiger partial charge is 0.236 e. The van der Waals surface area contributed by atoms with E-state index in [2.05, 4.69) is 58.2 Å². The Bertz CT molecular complexity index is 637. The Morgan fingerprint density at radius 3 is 2.43 bits per heavy atom. The molecule has 4 heteroatoms. The molecular formula is C17H18BrClN2. The number of aryl methyl sites for hydroxylation is 1. The highest BCUT2D eigenvalue weighted by Crippen LogP contribution is 2.45. The minimum atomic E-state index is -0.0739. The van der Waals surface area contributed by atoms with Crippen molar-refractivity contribution in [2.75, 3.05) is 0 Å². The second kappa shape index (κ2) is 6.05. The molecule has 3 rings (SSSR count). The monoisotopic (exact) mass is 364 g/mol. The summed E-state index contributed by atoms with van der Waals surface area (Å²) in [7, 11) is 0. The first-order valence-electron chi connectivity index (χ1n) is 7.45. The van der Waals surface area contributed by atoms with E-state index in [-0.39, 0.29) is 5.41 Å². The summed E-state index contributed by atoms with van der Waals surface area (Å²) in [5.41, 5.74) is 2.23. The molecule has 0 unspecified atom stereocenters. The Hall–Kier alpha value is -0.930. The molecule has 0 spiro atoms. The zero-order valence-electron chi connectivity index (χ0n) is 12.1. The lowest BCUT2D eigenvalue weighted by Crippen LogP contribution is -2.27. The molecule has 0 saturated heterocycles. The van der Waals surface area contributed by atoms with Crippen LogP contribution in [-0.2, 0) is 11.8 Å². The molecule has 1 aromatic carbocycles. The maximum Gasteiger partial charge on any atom is 0.147 e. The summed E-state index contributed by atoms with van der Waals surface area (Å²) in [6.07, 6.45) is 5.47. The molecule has 2 aromatic rings. The molecule has 0 radical (unpaired) electrons. The highest BCUT2D eigenvalue weighted by Gasteiger charge is 2.40. The van der Waals surface area contributed by atoms with Crippen LogP contribution in [0.4, 0.5) is 0 Å². The SMILES string of the molecule is CCc1nc(C2(c3ccccc3)CCCC2)nc(Cl)c1Br. The molecule has 0 atom stereocenters. The summed E-state index contributed by atoms with van der Waals surface area (Å²) < 4.78 is 0.830. The van der Waals surface area contributed by atoms with Crippen LogP contribution in [0.1, 0.15) is 49.7 Å². The standard InChI is InChI=1S/C17H18BrClN2/c1-2-13-14(18)15(19)21-16(20-13)17(10-6-7-11-17)12-8-4-3-5-9-12/h3-5,8-9H,2,6-7,10-11H2,1H3. The molecule has 1 heterocycles. The Morgan fingerprint density at radius 2 is 1.81 bits per heavy atom. The van der Waals surface area contributed by atoms with Crippen molar-refractivity contribution in [3.63, 3.8) is 0 Å². The van der Waals surface area contributed by atoms with Crippen LogP contribution in [0.5, 0.6) is 0 Å². The van der Waals surface area contributed by atoms with E-state index in [0.29, 0.717) is 5.15 Å². The fraction of sp³-hybridized carbons (Fsp3) is 0.412. The van der Waals surface area contributed by atoms with Crippen molar-refractivity contribution in [2.45, 2.75) is 44.4 Å². The van der Waals surface area contributed by atoms with Gasteiger partial charge in [0.25, 0.3) is 0 Å². The van der Waals surface area contributed by atoms with Crippen molar-refractivity contribution >= 4 is 27.5 Å². The molecular weight excluding hydrogens is 348 g/mol. The topological polar surface area (TPSA) is 25.8 Å². The van der Waals surface area contributed by atoms with E-state index in [1.54, 1.807) is 0 Å².